The second-order valence-electron chi connectivity index (χ2n) is 4.84. The van der Waals surface area contributed by atoms with E-state index in [0.717, 1.165) is 23.4 Å². The molecule has 102 valence electrons. The summed E-state index contributed by atoms with van der Waals surface area (Å²) in [5.41, 5.74) is 8.38. The first-order chi connectivity index (χ1) is 9.08. The van der Waals surface area contributed by atoms with E-state index in [9.17, 15) is 9.59 Å². The highest BCUT2D eigenvalue weighted by molar-refractivity contribution is 5.95. The fraction of sp³-hybridized carbons (Fsp3) is 0.429. The zero-order chi connectivity index (χ0) is 13.8. The topological polar surface area (TPSA) is 84.2 Å². The van der Waals surface area contributed by atoms with Gasteiger partial charge in [-0.15, -0.1) is 0 Å². The average Bonchev–Trinajstić information content (AvgIpc) is 2.38. The summed E-state index contributed by atoms with van der Waals surface area (Å²) in [5, 5.41) is 5.65. The Bertz CT molecular complexity index is 499. The van der Waals surface area contributed by atoms with Gasteiger partial charge in [-0.2, -0.15) is 0 Å². The molecule has 1 aliphatic heterocycles. The highest BCUT2D eigenvalue weighted by Gasteiger charge is 2.15. The van der Waals surface area contributed by atoms with Crippen LogP contribution in [0.5, 0.6) is 0 Å². The van der Waals surface area contributed by atoms with Gasteiger partial charge in [0, 0.05) is 30.3 Å². The second-order valence-corrected chi connectivity index (χ2v) is 4.84. The largest absolute Gasteiger partial charge is 0.327 e. The van der Waals surface area contributed by atoms with Gasteiger partial charge in [-0.1, -0.05) is 6.92 Å². The third-order valence-electron chi connectivity index (χ3n) is 3.26. The van der Waals surface area contributed by atoms with Crippen LogP contribution < -0.4 is 16.4 Å². The number of carbonyl (C=O) groups excluding carboxylic acids is 2. The number of fused-ring (bicyclic) bond motifs is 1. The van der Waals surface area contributed by atoms with E-state index in [1.165, 1.54) is 0 Å². The Kier molecular flexibility index (Phi) is 4.16. The number of aryl methyl sites for hydroxylation is 1. The summed E-state index contributed by atoms with van der Waals surface area (Å²) in [5.74, 6) is -0.0349. The van der Waals surface area contributed by atoms with Crippen molar-refractivity contribution in [3.05, 3.63) is 23.8 Å². The molecule has 5 nitrogen and oxygen atoms in total. The van der Waals surface area contributed by atoms with Gasteiger partial charge in [0.15, 0.2) is 0 Å². The lowest BCUT2D eigenvalue weighted by molar-refractivity contribution is -0.117. The van der Waals surface area contributed by atoms with Crippen molar-refractivity contribution in [2.75, 3.05) is 10.6 Å². The standard InChI is InChI=1S/C14H19N3O2/c1-2-10(15)8-14(19)16-11-4-5-12-9(7-11)3-6-13(18)17-12/h4-5,7,10H,2-3,6,8,15H2,1H3,(H,16,19)(H,17,18). The second kappa shape index (κ2) is 5.84. The van der Waals surface area contributed by atoms with Crippen LogP contribution in [0.15, 0.2) is 18.2 Å². The molecule has 0 radical (unpaired) electrons. The molecule has 0 saturated heterocycles. The van der Waals surface area contributed by atoms with Gasteiger partial charge in [-0.05, 0) is 36.6 Å². The predicted molar refractivity (Wildman–Crippen MR) is 74.9 cm³/mol. The number of carbonyl (C=O) groups is 2. The molecule has 2 rings (SSSR count). The maximum atomic E-state index is 11.7. The molecule has 1 aromatic carbocycles. The van der Waals surface area contributed by atoms with Gasteiger partial charge in [0.25, 0.3) is 0 Å². The molecule has 0 aliphatic carbocycles. The Hall–Kier alpha value is -1.88. The van der Waals surface area contributed by atoms with Crippen LogP contribution in [0.1, 0.15) is 31.7 Å². The minimum absolute atomic E-state index is 0.0400. The molecule has 1 aliphatic rings. The third-order valence-corrected chi connectivity index (χ3v) is 3.26. The van der Waals surface area contributed by atoms with Crippen molar-refractivity contribution < 1.29 is 9.59 Å². The third kappa shape index (κ3) is 3.54. The van der Waals surface area contributed by atoms with Crippen molar-refractivity contribution in [2.45, 2.75) is 38.6 Å². The van der Waals surface area contributed by atoms with E-state index >= 15 is 0 Å². The lowest BCUT2D eigenvalue weighted by atomic mass is 10.0. The number of anilines is 2. The molecule has 0 saturated carbocycles. The maximum Gasteiger partial charge on any atom is 0.225 e. The molecule has 1 heterocycles. The van der Waals surface area contributed by atoms with Gasteiger partial charge in [0.1, 0.15) is 0 Å². The van der Waals surface area contributed by atoms with E-state index in [1.54, 1.807) is 6.07 Å². The van der Waals surface area contributed by atoms with Crippen LogP contribution in [0.2, 0.25) is 0 Å². The first-order valence-corrected chi connectivity index (χ1v) is 6.56. The molecule has 0 bridgehead atoms. The van der Waals surface area contributed by atoms with Crippen LogP contribution in [0, 0.1) is 0 Å². The summed E-state index contributed by atoms with van der Waals surface area (Å²) in [6, 6.07) is 5.42. The zero-order valence-corrected chi connectivity index (χ0v) is 11.0. The van der Waals surface area contributed by atoms with Crippen LogP contribution in [-0.2, 0) is 16.0 Å². The number of rotatable bonds is 4. The highest BCUT2D eigenvalue weighted by atomic mass is 16.2. The number of benzene rings is 1. The molecule has 19 heavy (non-hydrogen) atoms. The SMILES string of the molecule is CCC(N)CC(=O)Nc1ccc2c(c1)CCC(=O)N2. The Balaban J connectivity index is 2.02. The van der Waals surface area contributed by atoms with E-state index in [2.05, 4.69) is 10.6 Å². The van der Waals surface area contributed by atoms with Crippen LogP contribution in [0.25, 0.3) is 0 Å². The first-order valence-electron chi connectivity index (χ1n) is 6.56. The summed E-state index contributed by atoms with van der Waals surface area (Å²) >= 11 is 0. The molecule has 1 atom stereocenters. The molecule has 0 fully saturated rings. The molecule has 0 spiro atoms. The van der Waals surface area contributed by atoms with Crippen molar-refractivity contribution in [1.82, 2.24) is 0 Å². The number of nitrogens with one attached hydrogen (secondary N) is 2. The molecule has 1 unspecified atom stereocenters. The van der Waals surface area contributed by atoms with Crippen LogP contribution in [0.4, 0.5) is 11.4 Å². The normalized spacial score (nSPS) is 15.4. The van der Waals surface area contributed by atoms with Crippen molar-refractivity contribution in [3.8, 4) is 0 Å². The van der Waals surface area contributed by atoms with E-state index in [0.29, 0.717) is 19.3 Å². The van der Waals surface area contributed by atoms with E-state index in [1.807, 2.05) is 19.1 Å². The summed E-state index contributed by atoms with van der Waals surface area (Å²) in [7, 11) is 0. The number of nitrogens with two attached hydrogens (primary N) is 1. The van der Waals surface area contributed by atoms with Gasteiger partial charge in [0.2, 0.25) is 11.8 Å². The molecule has 5 heteroatoms. The molecule has 2 amide bonds. The molecular formula is C14H19N3O2. The van der Waals surface area contributed by atoms with E-state index in [4.69, 9.17) is 5.73 Å². The predicted octanol–water partition coefficient (Wildman–Crippen LogP) is 1.64. The summed E-state index contributed by atoms with van der Waals surface area (Å²) in [4.78, 5) is 23.0. The zero-order valence-electron chi connectivity index (χ0n) is 11.0. The average molecular weight is 261 g/mol. The quantitative estimate of drug-likeness (QED) is 0.770. The fourth-order valence-electron chi connectivity index (χ4n) is 2.06. The minimum atomic E-state index is -0.100. The lowest BCUT2D eigenvalue weighted by Crippen LogP contribution is -2.26. The number of amides is 2. The minimum Gasteiger partial charge on any atom is -0.327 e. The van der Waals surface area contributed by atoms with Crippen LogP contribution in [-0.4, -0.2) is 17.9 Å². The highest BCUT2D eigenvalue weighted by Crippen LogP contribution is 2.25. The molecule has 4 N–H and O–H groups in total. The summed E-state index contributed by atoms with van der Waals surface area (Å²) < 4.78 is 0. The fourth-order valence-corrected chi connectivity index (χ4v) is 2.06. The Morgan fingerprint density at radius 2 is 2.26 bits per heavy atom. The first kappa shape index (κ1) is 13.5. The van der Waals surface area contributed by atoms with Gasteiger partial charge in [-0.3, -0.25) is 9.59 Å². The maximum absolute atomic E-state index is 11.7. The van der Waals surface area contributed by atoms with Gasteiger partial charge >= 0.3 is 0 Å². The van der Waals surface area contributed by atoms with Crippen molar-refractivity contribution >= 4 is 23.2 Å². The van der Waals surface area contributed by atoms with Crippen molar-refractivity contribution in [2.24, 2.45) is 5.73 Å². The van der Waals surface area contributed by atoms with Crippen LogP contribution >= 0.6 is 0 Å². The van der Waals surface area contributed by atoms with E-state index in [-0.39, 0.29) is 17.9 Å². The van der Waals surface area contributed by atoms with Crippen molar-refractivity contribution in [1.29, 1.82) is 0 Å². The van der Waals surface area contributed by atoms with Crippen molar-refractivity contribution in [3.63, 3.8) is 0 Å². The van der Waals surface area contributed by atoms with Gasteiger partial charge < -0.3 is 16.4 Å². The number of hydrogen-bond donors (Lipinski definition) is 3. The van der Waals surface area contributed by atoms with E-state index < -0.39 is 0 Å². The summed E-state index contributed by atoms with van der Waals surface area (Å²) in [6.45, 7) is 1.96. The van der Waals surface area contributed by atoms with Gasteiger partial charge in [-0.25, -0.2) is 0 Å². The molecular weight excluding hydrogens is 242 g/mol. The monoisotopic (exact) mass is 261 g/mol. The summed E-state index contributed by atoms with van der Waals surface area (Å²) in [6.07, 6.45) is 2.30. The lowest BCUT2D eigenvalue weighted by Gasteiger charge is -2.18. The smallest absolute Gasteiger partial charge is 0.225 e. The van der Waals surface area contributed by atoms with Gasteiger partial charge in [0.05, 0.1) is 0 Å². The van der Waals surface area contributed by atoms with Crippen LogP contribution in [0.3, 0.4) is 0 Å². The molecule has 0 aromatic heterocycles. The Morgan fingerprint density at radius 1 is 1.47 bits per heavy atom. The number of hydrogen-bond acceptors (Lipinski definition) is 3. The Labute approximate surface area is 112 Å². The molecule has 1 aromatic rings. The Morgan fingerprint density at radius 3 is 3.00 bits per heavy atom.